The first-order chi connectivity index (χ1) is 41.6. The van der Waals surface area contributed by atoms with E-state index in [1.165, 1.54) is 149 Å². The molecule has 0 unspecified atom stereocenters. The van der Waals surface area contributed by atoms with Gasteiger partial charge in [0.15, 0.2) is 17.1 Å². The lowest BCUT2D eigenvalue weighted by molar-refractivity contribution is 1.19. The summed E-state index contributed by atoms with van der Waals surface area (Å²) >= 11 is 0. The van der Waals surface area contributed by atoms with Gasteiger partial charge in [-0.25, -0.2) is 14.5 Å². The van der Waals surface area contributed by atoms with Crippen molar-refractivity contribution in [3.05, 3.63) is 271 Å². The van der Waals surface area contributed by atoms with Gasteiger partial charge in [0.2, 0.25) is 20.1 Å². The number of rotatable bonds is 0. The zero-order valence-electron chi connectivity index (χ0n) is 44.9. The second-order valence-electron chi connectivity index (χ2n) is 22.9. The molecule has 6 aliphatic heterocycles. The molecule has 0 saturated carbocycles. The van der Waals surface area contributed by atoms with Gasteiger partial charge in [0.05, 0.1) is 36.3 Å². The molecule has 0 N–H and O–H groups in total. The van der Waals surface area contributed by atoms with Crippen LogP contribution in [-0.2, 0) is 0 Å². The molecule has 9 heterocycles. The van der Waals surface area contributed by atoms with E-state index in [4.69, 9.17) is 19.7 Å². The fourth-order valence-electron chi connectivity index (χ4n) is 16.3. The zero-order valence-corrected chi connectivity index (χ0v) is 44.9. The Labute approximate surface area is 484 Å². The van der Waals surface area contributed by atoms with Crippen LogP contribution in [0.25, 0.3) is 130 Å². The van der Waals surface area contributed by atoms with Crippen molar-refractivity contribution in [3.8, 4) is 50.4 Å². The van der Waals surface area contributed by atoms with E-state index in [1.807, 2.05) is 12.1 Å². The topological polar surface area (TPSA) is 27.9 Å². The van der Waals surface area contributed by atoms with E-state index in [0.717, 1.165) is 33.3 Å². The van der Waals surface area contributed by atoms with E-state index in [9.17, 15) is 0 Å². The molecule has 0 aliphatic carbocycles. The van der Waals surface area contributed by atoms with Gasteiger partial charge in [-0.05, 0) is 114 Å². The molecule has 21 rings (SSSR count). The summed E-state index contributed by atoms with van der Waals surface area (Å²) in [4.78, 5) is 11.6. The standard InChI is InChI=1S/3C25H13BN2/c1-27-15-13-19-17-8-3-5-11-22(17)28-23-12-6-9-18-16-7-2-4-10-20(16)26(24(18)23)21(14-15)25(19)28;1-27-20-14-13-19-25-23(20)17-8-3-5-11-21(17)28(25)22-12-6-9-16-15-7-2-4-10-18(15)26(19)24(16)22;1-27-20-14-13-18-16-8-3-5-11-21(16)28-22-12-6-9-17-15-7-2-4-10-19(15)26(23(17)22)24(20)25(18)28/h3*2-14H. The van der Waals surface area contributed by atoms with Gasteiger partial charge >= 0.3 is 0 Å². The summed E-state index contributed by atoms with van der Waals surface area (Å²) < 4.78 is 7.18. The van der Waals surface area contributed by atoms with Crippen molar-refractivity contribution in [1.82, 2.24) is 13.7 Å². The maximum absolute atomic E-state index is 7.86. The lowest BCUT2D eigenvalue weighted by Gasteiger charge is -2.25. The minimum absolute atomic E-state index is 0.131. The Morgan fingerprint density at radius 2 is 0.714 bits per heavy atom. The van der Waals surface area contributed by atoms with Gasteiger partial charge in [0, 0.05) is 55.2 Å². The number of fused-ring (bicyclic) bond motifs is 24. The molecule has 0 spiro atoms. The van der Waals surface area contributed by atoms with Crippen LogP contribution in [-0.4, -0.2) is 33.8 Å². The molecule has 0 fully saturated rings. The van der Waals surface area contributed by atoms with E-state index in [0.29, 0.717) is 0 Å². The van der Waals surface area contributed by atoms with Gasteiger partial charge in [0.25, 0.3) is 0 Å². The number of benzene rings is 12. The molecule has 0 saturated heterocycles. The Kier molecular flexibility index (Phi) is 8.89. The molecule has 378 valence electrons. The van der Waals surface area contributed by atoms with Crippen LogP contribution in [0.3, 0.4) is 0 Å². The van der Waals surface area contributed by atoms with Crippen molar-refractivity contribution in [2.24, 2.45) is 0 Å². The number of para-hydroxylation sites is 3. The highest BCUT2D eigenvalue weighted by Crippen LogP contribution is 2.43. The fourth-order valence-corrected chi connectivity index (χ4v) is 16.3. The Bertz CT molecular complexity index is 5700. The molecular formula is C75H39B3N6. The Morgan fingerprint density at radius 1 is 0.274 bits per heavy atom. The zero-order chi connectivity index (χ0) is 55.2. The summed E-state index contributed by atoms with van der Waals surface area (Å²) in [6.07, 6.45) is 0. The summed E-state index contributed by atoms with van der Waals surface area (Å²) in [5, 5.41) is 7.13. The normalized spacial score (nSPS) is 12.9. The molecule has 6 nitrogen and oxygen atoms in total. The van der Waals surface area contributed by atoms with Crippen LogP contribution in [0, 0.1) is 19.7 Å². The van der Waals surface area contributed by atoms with Gasteiger partial charge in [0.1, 0.15) is 0 Å². The molecule has 0 bridgehead atoms. The minimum Gasteiger partial charge on any atom is -0.312 e. The Balaban J connectivity index is 0.0000000929. The predicted molar refractivity (Wildman–Crippen MR) is 351 cm³/mol. The molecule has 12 aromatic carbocycles. The van der Waals surface area contributed by atoms with E-state index in [-0.39, 0.29) is 20.1 Å². The average Bonchev–Trinajstić information content (AvgIpc) is 1.63. The van der Waals surface area contributed by atoms with Gasteiger partial charge in [-0.3, -0.25) is 0 Å². The Hall–Kier alpha value is -11.3. The molecule has 0 atom stereocenters. The summed E-state index contributed by atoms with van der Waals surface area (Å²) in [6.45, 7) is 23.8. The van der Waals surface area contributed by atoms with Gasteiger partial charge in [-0.15, -0.1) is 0 Å². The largest absolute Gasteiger partial charge is 0.312 e. The fraction of sp³-hybridized carbons (Fsp3) is 0. The molecule has 0 radical (unpaired) electrons. The molecule has 9 heteroatoms. The molecule has 84 heavy (non-hydrogen) atoms. The van der Waals surface area contributed by atoms with Crippen molar-refractivity contribution < 1.29 is 0 Å². The highest BCUT2D eigenvalue weighted by Gasteiger charge is 2.44. The predicted octanol–water partition coefficient (Wildman–Crippen LogP) is 12.4. The lowest BCUT2D eigenvalue weighted by atomic mass is 9.37. The van der Waals surface area contributed by atoms with Gasteiger partial charge in [-0.1, -0.05) is 216 Å². The van der Waals surface area contributed by atoms with Crippen LogP contribution < -0.4 is 49.2 Å². The first-order valence-corrected chi connectivity index (χ1v) is 28.6. The second-order valence-corrected chi connectivity index (χ2v) is 22.9. The maximum Gasteiger partial charge on any atom is 0.248 e. The average molecular weight is 1060 g/mol. The number of nitrogens with zero attached hydrogens (tertiary/aromatic N) is 6. The van der Waals surface area contributed by atoms with Gasteiger partial charge < -0.3 is 13.7 Å². The molecule has 15 aromatic rings. The smallest absolute Gasteiger partial charge is 0.248 e. The maximum atomic E-state index is 7.86. The molecule has 6 aliphatic rings. The summed E-state index contributed by atoms with van der Waals surface area (Å²) in [7, 11) is 0. The van der Waals surface area contributed by atoms with E-state index in [1.54, 1.807) is 0 Å². The third kappa shape index (κ3) is 5.55. The number of hydrogen-bond donors (Lipinski definition) is 0. The van der Waals surface area contributed by atoms with Crippen LogP contribution in [0.15, 0.2) is 237 Å². The van der Waals surface area contributed by atoms with Crippen molar-refractivity contribution in [2.45, 2.75) is 0 Å². The van der Waals surface area contributed by atoms with Crippen molar-refractivity contribution in [1.29, 1.82) is 0 Å². The van der Waals surface area contributed by atoms with E-state index < -0.39 is 0 Å². The quantitative estimate of drug-likeness (QED) is 0.107. The highest BCUT2D eigenvalue weighted by atomic mass is 15.0. The van der Waals surface area contributed by atoms with Crippen LogP contribution in [0.2, 0.25) is 0 Å². The summed E-state index contributed by atoms with van der Waals surface area (Å²) in [6, 6.07) is 84.2. The summed E-state index contributed by atoms with van der Waals surface area (Å²) in [5.74, 6) is 0. The third-order valence-corrected chi connectivity index (χ3v) is 19.3. The van der Waals surface area contributed by atoms with Crippen molar-refractivity contribution in [3.63, 3.8) is 0 Å². The van der Waals surface area contributed by atoms with Crippen LogP contribution in [0.1, 0.15) is 0 Å². The number of aromatic nitrogens is 3. The van der Waals surface area contributed by atoms with Crippen LogP contribution in [0.5, 0.6) is 0 Å². The number of hydrogen-bond acceptors (Lipinski definition) is 0. The van der Waals surface area contributed by atoms with E-state index in [2.05, 4.69) is 253 Å². The minimum atomic E-state index is 0.131. The monoisotopic (exact) mass is 1060 g/mol. The Morgan fingerprint density at radius 3 is 1.29 bits per heavy atom. The molecule has 3 aromatic heterocycles. The van der Waals surface area contributed by atoms with Crippen molar-refractivity contribution >= 4 is 152 Å². The molecule has 0 amide bonds. The highest BCUT2D eigenvalue weighted by molar-refractivity contribution is 7.03. The van der Waals surface area contributed by atoms with Crippen molar-refractivity contribution in [2.75, 3.05) is 0 Å². The third-order valence-electron chi connectivity index (χ3n) is 19.3. The van der Waals surface area contributed by atoms with E-state index >= 15 is 0 Å². The first kappa shape index (κ1) is 45.4. The summed E-state index contributed by atoms with van der Waals surface area (Å²) in [5.41, 5.74) is 33.0. The van der Waals surface area contributed by atoms with Crippen LogP contribution in [0.4, 0.5) is 17.1 Å². The second kappa shape index (κ2) is 16.4. The lowest BCUT2D eigenvalue weighted by Crippen LogP contribution is -2.53. The van der Waals surface area contributed by atoms with Gasteiger partial charge in [-0.2, -0.15) is 0 Å². The van der Waals surface area contributed by atoms with Crippen LogP contribution >= 0.6 is 0 Å². The SMILES string of the molecule is [C-]#[N+]c1cc2c3c(c1)c1ccccc1n3-c1cccc3c1B2c1ccccc1-3.[C-]#[N+]c1ccc2c3c1c1ccccc1n3-c1cccc3c1B2c1ccccc1-3.[C-]#[N+]c1ccc2c3ccccc3n3c2c1B1c2ccccc2-c2cccc-3c21. The molecular weight excluding hydrogens is 1020 g/mol. The first-order valence-electron chi connectivity index (χ1n) is 28.6.